The van der Waals surface area contributed by atoms with Gasteiger partial charge in [-0.3, -0.25) is 9.59 Å². The SMILES string of the molecule is C.CCNC(=O)c1ccc(CNC(C)=O)cc1. The Morgan fingerprint density at radius 2 is 1.71 bits per heavy atom. The van der Waals surface area contributed by atoms with Gasteiger partial charge in [0.2, 0.25) is 5.91 Å². The second-order valence-corrected chi connectivity index (χ2v) is 3.47. The van der Waals surface area contributed by atoms with Gasteiger partial charge in [-0.05, 0) is 24.6 Å². The van der Waals surface area contributed by atoms with E-state index in [1.807, 2.05) is 19.1 Å². The molecule has 0 saturated carbocycles. The van der Waals surface area contributed by atoms with Crippen molar-refractivity contribution >= 4 is 11.8 Å². The maximum absolute atomic E-state index is 11.4. The Kier molecular flexibility index (Phi) is 6.63. The summed E-state index contributed by atoms with van der Waals surface area (Å²) in [5, 5.41) is 5.42. The standard InChI is InChI=1S/C12H16N2O2.CH4/c1-3-13-12(16)11-6-4-10(5-7-11)8-14-9(2)15;/h4-7H,3,8H2,1-2H3,(H,13,16)(H,14,15);1H4. The highest BCUT2D eigenvalue weighted by molar-refractivity contribution is 5.94. The third kappa shape index (κ3) is 5.15. The molecule has 0 fully saturated rings. The van der Waals surface area contributed by atoms with E-state index < -0.39 is 0 Å². The van der Waals surface area contributed by atoms with Crippen molar-refractivity contribution in [2.75, 3.05) is 6.54 Å². The molecule has 0 spiro atoms. The monoisotopic (exact) mass is 236 g/mol. The molecule has 0 atom stereocenters. The summed E-state index contributed by atoms with van der Waals surface area (Å²) in [7, 11) is 0. The van der Waals surface area contributed by atoms with E-state index in [0.29, 0.717) is 18.7 Å². The fraction of sp³-hybridized carbons (Fsp3) is 0.385. The predicted molar refractivity (Wildman–Crippen MR) is 68.7 cm³/mol. The van der Waals surface area contributed by atoms with Gasteiger partial charge in [0.1, 0.15) is 0 Å². The number of carbonyl (C=O) groups is 2. The molecule has 0 aliphatic rings. The average Bonchev–Trinajstić information content (AvgIpc) is 2.27. The molecule has 4 nitrogen and oxygen atoms in total. The lowest BCUT2D eigenvalue weighted by molar-refractivity contribution is -0.119. The van der Waals surface area contributed by atoms with Crippen LogP contribution in [0.15, 0.2) is 24.3 Å². The van der Waals surface area contributed by atoms with Gasteiger partial charge in [0.05, 0.1) is 0 Å². The summed E-state index contributed by atoms with van der Waals surface area (Å²) >= 11 is 0. The van der Waals surface area contributed by atoms with Crippen molar-refractivity contribution in [3.63, 3.8) is 0 Å². The van der Waals surface area contributed by atoms with E-state index in [1.54, 1.807) is 12.1 Å². The van der Waals surface area contributed by atoms with E-state index in [2.05, 4.69) is 10.6 Å². The lowest BCUT2D eigenvalue weighted by Crippen LogP contribution is -2.22. The first kappa shape index (κ1) is 15.2. The first-order valence-corrected chi connectivity index (χ1v) is 5.25. The van der Waals surface area contributed by atoms with Crippen molar-refractivity contribution in [2.45, 2.75) is 27.8 Å². The fourth-order valence-corrected chi connectivity index (χ4v) is 1.26. The van der Waals surface area contributed by atoms with Crippen molar-refractivity contribution in [3.8, 4) is 0 Å². The second-order valence-electron chi connectivity index (χ2n) is 3.47. The number of rotatable bonds is 4. The number of hydrogen-bond acceptors (Lipinski definition) is 2. The highest BCUT2D eigenvalue weighted by atomic mass is 16.2. The van der Waals surface area contributed by atoms with Crippen LogP contribution in [0, 0.1) is 0 Å². The highest BCUT2D eigenvalue weighted by Crippen LogP contribution is 2.04. The van der Waals surface area contributed by atoms with Gasteiger partial charge in [0.25, 0.3) is 5.91 Å². The van der Waals surface area contributed by atoms with Crippen LogP contribution in [0.1, 0.15) is 37.2 Å². The normalized spacial score (nSPS) is 9.06. The molecule has 0 heterocycles. The zero-order valence-electron chi connectivity index (χ0n) is 9.54. The number of nitrogens with one attached hydrogen (secondary N) is 2. The van der Waals surface area contributed by atoms with Crippen molar-refractivity contribution in [3.05, 3.63) is 35.4 Å². The molecule has 0 radical (unpaired) electrons. The highest BCUT2D eigenvalue weighted by Gasteiger charge is 2.03. The van der Waals surface area contributed by atoms with Crippen LogP contribution >= 0.6 is 0 Å². The Labute approximate surface area is 102 Å². The van der Waals surface area contributed by atoms with E-state index in [0.717, 1.165) is 5.56 Å². The van der Waals surface area contributed by atoms with Crippen molar-refractivity contribution in [1.82, 2.24) is 10.6 Å². The van der Waals surface area contributed by atoms with Gasteiger partial charge in [-0.1, -0.05) is 19.6 Å². The summed E-state index contributed by atoms with van der Waals surface area (Å²) in [5.41, 5.74) is 1.61. The van der Waals surface area contributed by atoms with Gasteiger partial charge in [0.15, 0.2) is 0 Å². The largest absolute Gasteiger partial charge is 0.352 e. The van der Waals surface area contributed by atoms with Gasteiger partial charge in [-0.2, -0.15) is 0 Å². The summed E-state index contributed by atoms with van der Waals surface area (Å²) < 4.78 is 0. The first-order chi connectivity index (χ1) is 7.63. The van der Waals surface area contributed by atoms with Crippen LogP contribution in [-0.2, 0) is 11.3 Å². The third-order valence-electron chi connectivity index (χ3n) is 2.09. The smallest absolute Gasteiger partial charge is 0.251 e. The Morgan fingerprint density at radius 3 is 2.18 bits per heavy atom. The fourth-order valence-electron chi connectivity index (χ4n) is 1.26. The van der Waals surface area contributed by atoms with Crippen molar-refractivity contribution in [2.24, 2.45) is 0 Å². The van der Waals surface area contributed by atoms with Crippen LogP contribution in [-0.4, -0.2) is 18.4 Å². The molecule has 1 aromatic rings. The van der Waals surface area contributed by atoms with E-state index in [-0.39, 0.29) is 19.2 Å². The quantitative estimate of drug-likeness (QED) is 0.836. The molecule has 2 amide bonds. The zero-order valence-corrected chi connectivity index (χ0v) is 9.54. The van der Waals surface area contributed by atoms with E-state index in [4.69, 9.17) is 0 Å². The number of amides is 2. The second kappa shape index (κ2) is 7.44. The first-order valence-electron chi connectivity index (χ1n) is 5.25. The molecule has 0 unspecified atom stereocenters. The summed E-state index contributed by atoms with van der Waals surface area (Å²) in [6, 6.07) is 7.17. The van der Waals surface area contributed by atoms with Gasteiger partial charge in [-0.15, -0.1) is 0 Å². The van der Waals surface area contributed by atoms with E-state index >= 15 is 0 Å². The van der Waals surface area contributed by atoms with E-state index in [1.165, 1.54) is 6.92 Å². The molecule has 0 aliphatic heterocycles. The summed E-state index contributed by atoms with van der Waals surface area (Å²) in [6.45, 7) is 4.46. The Balaban J connectivity index is 0.00000256. The lowest BCUT2D eigenvalue weighted by atomic mass is 10.1. The predicted octanol–water partition coefficient (Wildman–Crippen LogP) is 1.71. The molecular weight excluding hydrogens is 216 g/mol. The maximum atomic E-state index is 11.4. The Hall–Kier alpha value is -1.84. The third-order valence-corrected chi connectivity index (χ3v) is 2.09. The Bertz CT molecular complexity index is 372. The lowest BCUT2D eigenvalue weighted by Gasteiger charge is -2.04. The van der Waals surface area contributed by atoms with Gasteiger partial charge < -0.3 is 10.6 Å². The molecule has 94 valence electrons. The molecule has 0 saturated heterocycles. The maximum Gasteiger partial charge on any atom is 0.251 e. The summed E-state index contributed by atoms with van der Waals surface area (Å²) in [6.07, 6.45) is 0. The summed E-state index contributed by atoms with van der Waals surface area (Å²) in [5.74, 6) is -0.138. The molecule has 1 aromatic carbocycles. The minimum atomic E-state index is -0.0754. The minimum absolute atomic E-state index is 0. The van der Waals surface area contributed by atoms with Crippen LogP contribution in [0.3, 0.4) is 0 Å². The van der Waals surface area contributed by atoms with Crippen LogP contribution < -0.4 is 10.6 Å². The van der Waals surface area contributed by atoms with Gasteiger partial charge in [-0.25, -0.2) is 0 Å². The van der Waals surface area contributed by atoms with Crippen LogP contribution in [0.4, 0.5) is 0 Å². The average molecular weight is 236 g/mol. The van der Waals surface area contributed by atoms with Crippen LogP contribution in [0.25, 0.3) is 0 Å². The molecule has 0 bridgehead atoms. The molecule has 2 N–H and O–H groups in total. The minimum Gasteiger partial charge on any atom is -0.352 e. The molecule has 4 heteroatoms. The van der Waals surface area contributed by atoms with Crippen molar-refractivity contribution in [1.29, 1.82) is 0 Å². The van der Waals surface area contributed by atoms with Gasteiger partial charge in [0, 0.05) is 25.6 Å². The molecule has 0 aliphatic carbocycles. The van der Waals surface area contributed by atoms with Crippen LogP contribution in [0.2, 0.25) is 0 Å². The summed E-state index contributed by atoms with van der Waals surface area (Å²) in [4.78, 5) is 22.1. The van der Waals surface area contributed by atoms with E-state index in [9.17, 15) is 9.59 Å². The van der Waals surface area contributed by atoms with Gasteiger partial charge >= 0.3 is 0 Å². The number of carbonyl (C=O) groups excluding carboxylic acids is 2. The Morgan fingerprint density at radius 1 is 1.12 bits per heavy atom. The molecule has 1 rings (SSSR count). The molecule has 0 aromatic heterocycles. The van der Waals surface area contributed by atoms with Crippen LogP contribution in [0.5, 0.6) is 0 Å². The van der Waals surface area contributed by atoms with Crippen molar-refractivity contribution < 1.29 is 9.59 Å². The number of hydrogen-bond donors (Lipinski definition) is 2. The number of benzene rings is 1. The molecular formula is C13H20N2O2. The zero-order chi connectivity index (χ0) is 12.0. The molecule has 17 heavy (non-hydrogen) atoms. The topological polar surface area (TPSA) is 58.2 Å².